The molecule has 0 N–H and O–H groups in total. The smallest absolute Gasteiger partial charge is 0.419 e. The van der Waals surface area contributed by atoms with Crippen molar-refractivity contribution in [1.29, 1.82) is 0 Å². The first-order valence-electron chi connectivity index (χ1n) is 9.12. The third kappa shape index (κ3) is 10.6. The molecule has 0 spiro atoms. The SMILES string of the molecule is CCCCO[Si](OCCCC)O[SiH2]C1CCCCCCC1. The summed E-state index contributed by atoms with van der Waals surface area (Å²) in [6.07, 6.45) is 14.4. The van der Waals surface area contributed by atoms with E-state index in [0.29, 0.717) is 0 Å². The summed E-state index contributed by atoms with van der Waals surface area (Å²) < 4.78 is 17.9. The lowest BCUT2D eigenvalue weighted by Gasteiger charge is -2.21. The Bertz CT molecular complexity index is 212. The van der Waals surface area contributed by atoms with Crippen molar-refractivity contribution in [2.75, 3.05) is 13.2 Å². The fourth-order valence-corrected chi connectivity index (χ4v) is 6.39. The first kappa shape index (κ1) is 19.4. The molecular formula is C16H35O3Si2. The molecule has 0 aromatic heterocycles. The molecule has 1 rings (SSSR count). The van der Waals surface area contributed by atoms with Crippen molar-refractivity contribution in [2.24, 2.45) is 0 Å². The molecule has 0 amide bonds. The number of unbranched alkanes of at least 4 members (excludes halogenated alkanes) is 2. The molecule has 0 saturated heterocycles. The maximum atomic E-state index is 6.17. The minimum atomic E-state index is -1.45. The Morgan fingerprint density at radius 1 is 0.857 bits per heavy atom. The Hall–Kier alpha value is 0.314. The molecule has 0 aliphatic heterocycles. The molecule has 5 heteroatoms. The van der Waals surface area contributed by atoms with E-state index in [0.717, 1.165) is 31.6 Å². The van der Waals surface area contributed by atoms with E-state index in [1.165, 1.54) is 57.8 Å². The van der Waals surface area contributed by atoms with E-state index in [-0.39, 0.29) is 0 Å². The highest BCUT2D eigenvalue weighted by atomic mass is 28.4. The van der Waals surface area contributed by atoms with Gasteiger partial charge in [0.25, 0.3) is 0 Å². The van der Waals surface area contributed by atoms with E-state index >= 15 is 0 Å². The number of rotatable bonds is 11. The van der Waals surface area contributed by atoms with Crippen molar-refractivity contribution < 1.29 is 13.0 Å². The number of hydrogen-bond donors (Lipinski definition) is 0. The highest BCUT2D eigenvalue weighted by molar-refractivity contribution is 6.48. The van der Waals surface area contributed by atoms with Crippen LogP contribution in [0.4, 0.5) is 0 Å². The normalized spacial score (nSPS) is 18.4. The largest absolute Gasteiger partial charge is 0.566 e. The van der Waals surface area contributed by atoms with Gasteiger partial charge in [0.05, 0.1) is 0 Å². The summed E-state index contributed by atoms with van der Waals surface area (Å²) in [5, 5.41) is 0. The quantitative estimate of drug-likeness (QED) is 0.419. The van der Waals surface area contributed by atoms with E-state index in [1.807, 2.05) is 0 Å². The second-order valence-corrected chi connectivity index (χ2v) is 9.90. The molecule has 1 aliphatic rings. The van der Waals surface area contributed by atoms with Crippen molar-refractivity contribution in [3.05, 3.63) is 0 Å². The molecule has 0 heterocycles. The fraction of sp³-hybridized carbons (Fsp3) is 1.00. The van der Waals surface area contributed by atoms with Crippen LogP contribution in [-0.2, 0) is 13.0 Å². The van der Waals surface area contributed by atoms with Gasteiger partial charge in [-0.2, -0.15) is 0 Å². The van der Waals surface area contributed by atoms with E-state index in [2.05, 4.69) is 13.8 Å². The number of hydrogen-bond acceptors (Lipinski definition) is 3. The zero-order chi connectivity index (χ0) is 15.2. The minimum absolute atomic E-state index is 0.493. The van der Waals surface area contributed by atoms with Gasteiger partial charge < -0.3 is 13.0 Å². The second-order valence-electron chi connectivity index (χ2n) is 6.18. The van der Waals surface area contributed by atoms with Gasteiger partial charge in [-0.3, -0.25) is 0 Å². The van der Waals surface area contributed by atoms with Crippen LogP contribution in [0.3, 0.4) is 0 Å². The maximum absolute atomic E-state index is 6.17. The average molecular weight is 332 g/mol. The summed E-state index contributed by atoms with van der Waals surface area (Å²) in [7, 11) is -1.94. The Morgan fingerprint density at radius 2 is 1.38 bits per heavy atom. The van der Waals surface area contributed by atoms with Crippen LogP contribution >= 0.6 is 0 Å². The van der Waals surface area contributed by atoms with Crippen LogP contribution in [0.5, 0.6) is 0 Å². The van der Waals surface area contributed by atoms with Crippen molar-refractivity contribution in [3.63, 3.8) is 0 Å². The van der Waals surface area contributed by atoms with Gasteiger partial charge in [0.2, 0.25) is 0 Å². The summed E-state index contributed by atoms with van der Waals surface area (Å²) in [4.78, 5) is 0. The first-order chi connectivity index (χ1) is 10.4. The van der Waals surface area contributed by atoms with E-state index in [1.54, 1.807) is 0 Å². The zero-order valence-corrected chi connectivity index (χ0v) is 16.6. The second kappa shape index (κ2) is 13.9. The van der Waals surface area contributed by atoms with Gasteiger partial charge >= 0.3 is 9.53 Å². The van der Waals surface area contributed by atoms with Crippen molar-refractivity contribution in [1.82, 2.24) is 0 Å². The molecule has 0 unspecified atom stereocenters. The Labute approximate surface area is 136 Å². The molecule has 0 aromatic carbocycles. The monoisotopic (exact) mass is 331 g/mol. The molecule has 1 fully saturated rings. The van der Waals surface area contributed by atoms with Crippen molar-refractivity contribution in [3.8, 4) is 0 Å². The molecule has 0 aromatic rings. The maximum Gasteiger partial charge on any atom is 0.566 e. The third-order valence-corrected chi connectivity index (χ3v) is 7.87. The third-order valence-electron chi connectivity index (χ3n) is 4.10. The highest BCUT2D eigenvalue weighted by Gasteiger charge is 2.21. The first-order valence-corrected chi connectivity index (χ1v) is 11.7. The topological polar surface area (TPSA) is 27.7 Å². The van der Waals surface area contributed by atoms with E-state index in [9.17, 15) is 0 Å². The molecule has 1 radical (unpaired) electrons. The summed E-state index contributed by atoms with van der Waals surface area (Å²) in [6, 6.07) is 0. The highest BCUT2D eigenvalue weighted by Crippen LogP contribution is 2.26. The van der Waals surface area contributed by atoms with Gasteiger partial charge in [-0.15, -0.1) is 0 Å². The predicted molar refractivity (Wildman–Crippen MR) is 93.2 cm³/mol. The van der Waals surface area contributed by atoms with Gasteiger partial charge in [0.15, 0.2) is 9.76 Å². The van der Waals surface area contributed by atoms with Crippen LogP contribution in [0, 0.1) is 0 Å². The Kier molecular flexibility index (Phi) is 12.9. The van der Waals surface area contributed by atoms with Crippen LogP contribution in [0.1, 0.15) is 84.5 Å². The fourth-order valence-electron chi connectivity index (χ4n) is 2.62. The molecule has 3 nitrogen and oxygen atoms in total. The van der Waals surface area contributed by atoms with Crippen LogP contribution in [0.15, 0.2) is 0 Å². The Morgan fingerprint density at radius 3 is 1.90 bits per heavy atom. The van der Waals surface area contributed by atoms with Crippen molar-refractivity contribution in [2.45, 2.75) is 90.0 Å². The zero-order valence-electron chi connectivity index (χ0n) is 14.2. The summed E-state index contributed by atoms with van der Waals surface area (Å²) >= 11 is 0. The molecule has 21 heavy (non-hydrogen) atoms. The van der Waals surface area contributed by atoms with Gasteiger partial charge in [-0.25, -0.2) is 0 Å². The molecule has 1 saturated carbocycles. The minimum Gasteiger partial charge on any atom is -0.419 e. The van der Waals surface area contributed by atoms with Crippen LogP contribution in [0.25, 0.3) is 0 Å². The van der Waals surface area contributed by atoms with Crippen molar-refractivity contribution >= 4 is 19.3 Å². The molecule has 0 atom stereocenters. The van der Waals surface area contributed by atoms with Gasteiger partial charge in [0, 0.05) is 13.2 Å². The van der Waals surface area contributed by atoms with Crippen LogP contribution in [0.2, 0.25) is 5.54 Å². The van der Waals surface area contributed by atoms with Crippen LogP contribution in [-0.4, -0.2) is 32.5 Å². The lowest BCUT2D eigenvalue weighted by molar-refractivity contribution is 0.137. The lowest BCUT2D eigenvalue weighted by atomic mass is 10.0. The summed E-state index contributed by atoms with van der Waals surface area (Å²) in [5.74, 6) is 0. The average Bonchev–Trinajstić information content (AvgIpc) is 2.46. The standard InChI is InChI=1S/C16H35O3Si2/c1-3-5-14-17-21(18-15-6-4-2)19-20-16-12-10-8-7-9-11-13-16/h16H,3-15,20H2,1-2H3. The molecule has 125 valence electrons. The predicted octanol–water partition coefficient (Wildman–Crippen LogP) is 4.24. The Balaban J connectivity index is 2.24. The lowest BCUT2D eigenvalue weighted by Crippen LogP contribution is -2.31. The molecule has 1 aliphatic carbocycles. The summed E-state index contributed by atoms with van der Waals surface area (Å²) in [5.41, 5.74) is 0.856. The summed E-state index contributed by atoms with van der Waals surface area (Å²) in [6.45, 7) is 5.99. The van der Waals surface area contributed by atoms with E-state index < -0.39 is 19.3 Å². The van der Waals surface area contributed by atoms with Gasteiger partial charge in [0.1, 0.15) is 0 Å². The van der Waals surface area contributed by atoms with Gasteiger partial charge in [-0.05, 0) is 18.4 Å². The van der Waals surface area contributed by atoms with Gasteiger partial charge in [-0.1, -0.05) is 71.6 Å². The molecular weight excluding hydrogens is 296 g/mol. The van der Waals surface area contributed by atoms with Crippen LogP contribution < -0.4 is 0 Å². The van der Waals surface area contributed by atoms with E-state index in [4.69, 9.17) is 13.0 Å². The molecule has 0 bridgehead atoms.